The van der Waals surface area contributed by atoms with E-state index in [1.807, 2.05) is 54.9 Å². The zero-order valence-corrected chi connectivity index (χ0v) is 13.7. The molecule has 2 aromatic carbocycles. The Hall–Kier alpha value is -3.01. The minimum Gasteiger partial charge on any atom is -0.361 e. The molecule has 4 nitrogen and oxygen atoms in total. The van der Waals surface area contributed by atoms with Gasteiger partial charge in [0.2, 0.25) is 0 Å². The van der Waals surface area contributed by atoms with Gasteiger partial charge >= 0.3 is 0 Å². The number of carbonyl (C=O) groups is 1. The summed E-state index contributed by atoms with van der Waals surface area (Å²) in [5.74, 6) is -0.0898. The Bertz CT molecular complexity index is 1040. The topological polar surface area (TPSA) is 49.8 Å². The van der Waals surface area contributed by atoms with Crippen LogP contribution >= 0.6 is 0 Å². The fraction of sp³-hybridized carbons (Fsp3) is 0.150. The lowest BCUT2D eigenvalue weighted by Gasteiger charge is -2.10. The Morgan fingerprint density at radius 3 is 2.83 bits per heavy atom. The molecular formula is C20H19N3O. The molecule has 0 bridgehead atoms. The van der Waals surface area contributed by atoms with Crippen LogP contribution in [0.5, 0.6) is 0 Å². The maximum Gasteiger partial charge on any atom is 0.256 e. The molecule has 0 saturated carbocycles. The Labute approximate surface area is 140 Å². The van der Waals surface area contributed by atoms with Crippen molar-refractivity contribution in [3.63, 3.8) is 0 Å². The van der Waals surface area contributed by atoms with Crippen LogP contribution in [0.15, 0.2) is 60.9 Å². The van der Waals surface area contributed by atoms with E-state index in [2.05, 4.69) is 34.8 Å². The van der Waals surface area contributed by atoms with Crippen LogP contribution in [-0.2, 0) is 0 Å². The summed E-state index contributed by atoms with van der Waals surface area (Å²) in [6, 6.07) is 16.1. The second kappa shape index (κ2) is 5.57. The number of H-pyrrole nitrogens is 1. The Balaban J connectivity index is 1.70. The molecule has 4 heteroatoms. The van der Waals surface area contributed by atoms with Crippen LogP contribution in [0.2, 0.25) is 0 Å². The van der Waals surface area contributed by atoms with E-state index in [9.17, 15) is 4.79 Å². The standard InChI is InChI=1S/C20H19N3O/c1-13(2)23-11-9-16-17(4-3-5-19(16)23)20(24)22-15-7-6-14-8-10-21-18(14)12-15/h3-13,21H,1-2H3,(H,22,24). The van der Waals surface area contributed by atoms with E-state index in [0.29, 0.717) is 11.6 Å². The minimum atomic E-state index is -0.0898. The third-order valence-corrected chi connectivity index (χ3v) is 4.38. The molecule has 4 rings (SSSR count). The van der Waals surface area contributed by atoms with Crippen molar-refractivity contribution in [3.8, 4) is 0 Å². The summed E-state index contributed by atoms with van der Waals surface area (Å²) in [6.07, 6.45) is 3.93. The largest absolute Gasteiger partial charge is 0.361 e. The van der Waals surface area contributed by atoms with E-state index < -0.39 is 0 Å². The third-order valence-electron chi connectivity index (χ3n) is 4.38. The first-order valence-corrected chi connectivity index (χ1v) is 8.11. The molecule has 0 aliphatic rings. The third kappa shape index (κ3) is 2.36. The molecule has 2 aromatic heterocycles. The zero-order chi connectivity index (χ0) is 16.7. The molecule has 0 aliphatic carbocycles. The van der Waals surface area contributed by atoms with Crippen LogP contribution in [0.4, 0.5) is 5.69 Å². The van der Waals surface area contributed by atoms with Gasteiger partial charge in [0.15, 0.2) is 0 Å². The summed E-state index contributed by atoms with van der Waals surface area (Å²) < 4.78 is 2.18. The van der Waals surface area contributed by atoms with E-state index in [1.165, 1.54) is 0 Å². The summed E-state index contributed by atoms with van der Waals surface area (Å²) in [5, 5.41) is 5.11. The van der Waals surface area contributed by atoms with Gasteiger partial charge in [-0.2, -0.15) is 0 Å². The number of rotatable bonds is 3. The minimum absolute atomic E-state index is 0.0898. The van der Waals surface area contributed by atoms with Crippen molar-refractivity contribution in [3.05, 3.63) is 66.5 Å². The number of aromatic nitrogens is 2. The van der Waals surface area contributed by atoms with Crippen molar-refractivity contribution < 1.29 is 4.79 Å². The lowest BCUT2D eigenvalue weighted by atomic mass is 10.1. The number of benzene rings is 2. The van der Waals surface area contributed by atoms with Crippen LogP contribution in [0.25, 0.3) is 21.8 Å². The molecule has 2 heterocycles. The lowest BCUT2D eigenvalue weighted by molar-refractivity contribution is 0.102. The smallest absolute Gasteiger partial charge is 0.256 e. The van der Waals surface area contributed by atoms with Crippen molar-refractivity contribution in [1.29, 1.82) is 0 Å². The van der Waals surface area contributed by atoms with Gasteiger partial charge in [-0.15, -0.1) is 0 Å². The monoisotopic (exact) mass is 317 g/mol. The van der Waals surface area contributed by atoms with Crippen LogP contribution in [-0.4, -0.2) is 15.5 Å². The van der Waals surface area contributed by atoms with Crippen molar-refractivity contribution >= 4 is 33.4 Å². The molecule has 120 valence electrons. The number of nitrogens with zero attached hydrogens (tertiary/aromatic N) is 1. The van der Waals surface area contributed by atoms with Crippen molar-refractivity contribution in [2.24, 2.45) is 0 Å². The number of anilines is 1. The van der Waals surface area contributed by atoms with Crippen LogP contribution in [0, 0.1) is 0 Å². The van der Waals surface area contributed by atoms with E-state index in [4.69, 9.17) is 0 Å². The zero-order valence-electron chi connectivity index (χ0n) is 13.7. The summed E-state index contributed by atoms with van der Waals surface area (Å²) in [6.45, 7) is 4.27. The molecule has 0 unspecified atom stereocenters. The number of aromatic amines is 1. The predicted octanol–water partition coefficient (Wildman–Crippen LogP) is 4.96. The Morgan fingerprint density at radius 2 is 2.00 bits per heavy atom. The van der Waals surface area contributed by atoms with Crippen LogP contribution in [0.3, 0.4) is 0 Å². The first kappa shape index (κ1) is 14.6. The number of nitrogens with one attached hydrogen (secondary N) is 2. The molecule has 1 amide bonds. The SMILES string of the molecule is CC(C)n1ccc2c(C(=O)Nc3ccc4cc[nH]c4c3)cccc21. The number of fused-ring (bicyclic) bond motifs is 2. The van der Waals surface area contributed by atoms with Gasteiger partial charge in [-0.05, 0) is 55.6 Å². The fourth-order valence-electron chi connectivity index (χ4n) is 3.16. The molecule has 0 aliphatic heterocycles. The van der Waals surface area contributed by atoms with Gasteiger partial charge < -0.3 is 14.9 Å². The van der Waals surface area contributed by atoms with Crippen molar-refractivity contribution in [2.75, 3.05) is 5.32 Å². The van der Waals surface area contributed by atoms with Crippen LogP contribution < -0.4 is 5.32 Å². The molecule has 0 spiro atoms. The Kier molecular flexibility index (Phi) is 3.38. The summed E-state index contributed by atoms with van der Waals surface area (Å²) in [4.78, 5) is 15.9. The highest BCUT2D eigenvalue weighted by Gasteiger charge is 2.13. The molecule has 2 N–H and O–H groups in total. The Morgan fingerprint density at radius 1 is 1.12 bits per heavy atom. The molecule has 0 atom stereocenters. The summed E-state index contributed by atoms with van der Waals surface area (Å²) >= 11 is 0. The first-order chi connectivity index (χ1) is 11.6. The number of hydrogen-bond acceptors (Lipinski definition) is 1. The van der Waals surface area contributed by atoms with E-state index in [-0.39, 0.29) is 5.91 Å². The second-order valence-corrected chi connectivity index (χ2v) is 6.29. The quantitative estimate of drug-likeness (QED) is 0.551. The highest BCUT2D eigenvalue weighted by Crippen LogP contribution is 2.25. The number of hydrogen-bond donors (Lipinski definition) is 2. The molecule has 0 fully saturated rings. The van der Waals surface area contributed by atoms with E-state index in [1.54, 1.807) is 0 Å². The normalized spacial score (nSPS) is 11.5. The van der Waals surface area contributed by atoms with Gasteiger partial charge in [0.05, 0.1) is 0 Å². The number of amides is 1. The summed E-state index contributed by atoms with van der Waals surface area (Å²) in [7, 11) is 0. The van der Waals surface area contributed by atoms with Crippen molar-refractivity contribution in [2.45, 2.75) is 19.9 Å². The molecule has 0 saturated heterocycles. The van der Waals surface area contributed by atoms with Crippen molar-refractivity contribution in [1.82, 2.24) is 9.55 Å². The average Bonchev–Trinajstić information content (AvgIpc) is 3.20. The van der Waals surface area contributed by atoms with Gasteiger partial charge in [-0.1, -0.05) is 12.1 Å². The lowest BCUT2D eigenvalue weighted by Crippen LogP contribution is -2.12. The maximum absolute atomic E-state index is 12.8. The number of carbonyl (C=O) groups excluding carboxylic acids is 1. The highest BCUT2D eigenvalue weighted by atomic mass is 16.1. The van der Waals surface area contributed by atoms with E-state index >= 15 is 0 Å². The van der Waals surface area contributed by atoms with Crippen LogP contribution in [0.1, 0.15) is 30.2 Å². The predicted molar refractivity (Wildman–Crippen MR) is 98.6 cm³/mol. The molecular weight excluding hydrogens is 298 g/mol. The maximum atomic E-state index is 12.8. The van der Waals surface area contributed by atoms with Gasteiger partial charge in [-0.3, -0.25) is 4.79 Å². The average molecular weight is 317 g/mol. The first-order valence-electron chi connectivity index (χ1n) is 8.11. The second-order valence-electron chi connectivity index (χ2n) is 6.29. The van der Waals surface area contributed by atoms with Gasteiger partial charge in [-0.25, -0.2) is 0 Å². The highest BCUT2D eigenvalue weighted by molar-refractivity contribution is 6.13. The van der Waals surface area contributed by atoms with Gasteiger partial charge in [0, 0.05) is 46.1 Å². The van der Waals surface area contributed by atoms with Gasteiger partial charge in [0.25, 0.3) is 5.91 Å². The molecule has 4 aromatic rings. The molecule has 24 heavy (non-hydrogen) atoms. The van der Waals surface area contributed by atoms with E-state index in [0.717, 1.165) is 27.5 Å². The summed E-state index contributed by atoms with van der Waals surface area (Å²) in [5.41, 5.74) is 3.57. The van der Waals surface area contributed by atoms with Gasteiger partial charge in [0.1, 0.15) is 0 Å². The fourth-order valence-corrected chi connectivity index (χ4v) is 3.16. The molecule has 0 radical (unpaired) electrons.